The summed E-state index contributed by atoms with van der Waals surface area (Å²) in [4.78, 5) is 0. The Bertz CT molecular complexity index is 420. The van der Waals surface area contributed by atoms with Gasteiger partial charge in [0.1, 0.15) is 11.9 Å². The maximum atomic E-state index is 5.84. The van der Waals surface area contributed by atoms with Crippen molar-refractivity contribution in [1.29, 1.82) is 0 Å². The number of rotatable bonds is 6. The molecule has 110 valence electrons. The van der Waals surface area contributed by atoms with Gasteiger partial charge in [-0.25, -0.2) is 0 Å². The van der Waals surface area contributed by atoms with Gasteiger partial charge in [-0.1, -0.05) is 45.0 Å². The fraction of sp³-hybridized carbons (Fsp3) is 0.471. The Morgan fingerprint density at radius 2 is 1.95 bits per heavy atom. The van der Waals surface area contributed by atoms with Crippen molar-refractivity contribution in [2.75, 3.05) is 0 Å². The number of ether oxygens (including phenoxy) is 2. The van der Waals surface area contributed by atoms with E-state index in [1.54, 1.807) is 0 Å². The van der Waals surface area contributed by atoms with Crippen LogP contribution in [-0.4, -0.2) is 11.3 Å². The number of unbranched alkanes of at least 4 members (excludes halogenated alkanes) is 1. The second kappa shape index (κ2) is 8.05. The largest absolute Gasteiger partial charge is 0.453 e. The van der Waals surface area contributed by atoms with Gasteiger partial charge in [0.15, 0.2) is 0 Å². The van der Waals surface area contributed by atoms with Crippen LogP contribution in [0, 0.1) is 5.41 Å². The van der Waals surface area contributed by atoms with Crippen molar-refractivity contribution in [2.45, 2.75) is 46.1 Å². The van der Waals surface area contributed by atoms with E-state index < -0.39 is 0 Å². The lowest BCUT2D eigenvalue weighted by atomic mass is 9.86. The zero-order valence-corrected chi connectivity index (χ0v) is 13.4. The smallest absolute Gasteiger partial charge is 0.358 e. The maximum Gasteiger partial charge on any atom is 0.358 e. The van der Waals surface area contributed by atoms with Gasteiger partial charge >= 0.3 is 5.24 Å². The summed E-state index contributed by atoms with van der Waals surface area (Å²) in [7, 11) is 0. The topological polar surface area (TPSA) is 18.5 Å². The molecule has 0 aromatic heterocycles. The molecule has 0 bridgehead atoms. The molecule has 3 heteroatoms. The summed E-state index contributed by atoms with van der Waals surface area (Å²) in [6.07, 6.45) is 4.94. The summed E-state index contributed by atoms with van der Waals surface area (Å²) in [6.45, 7) is 10.2. The molecule has 0 N–H and O–H groups in total. The average Bonchev–Trinajstić information content (AvgIpc) is 2.38. The summed E-state index contributed by atoms with van der Waals surface area (Å²) in [5, 5.41) is 0.190. The van der Waals surface area contributed by atoms with Gasteiger partial charge in [0.2, 0.25) is 0 Å². The number of benzene rings is 1. The van der Waals surface area contributed by atoms with Gasteiger partial charge in [-0.05, 0) is 36.8 Å². The van der Waals surface area contributed by atoms with Crippen LogP contribution < -0.4 is 4.74 Å². The van der Waals surface area contributed by atoms with E-state index in [0.717, 1.165) is 19.3 Å². The molecule has 1 aromatic rings. The third-order valence-corrected chi connectivity index (χ3v) is 3.20. The molecule has 1 atom stereocenters. The first-order valence-electron chi connectivity index (χ1n) is 6.98. The van der Waals surface area contributed by atoms with Crippen molar-refractivity contribution in [1.82, 2.24) is 0 Å². The lowest BCUT2D eigenvalue weighted by Crippen LogP contribution is -2.32. The Kier molecular flexibility index (Phi) is 6.73. The predicted molar refractivity (Wildman–Crippen MR) is 88.0 cm³/mol. The highest BCUT2D eigenvalue weighted by atomic mass is 32.1. The van der Waals surface area contributed by atoms with Gasteiger partial charge in [0.25, 0.3) is 0 Å². The van der Waals surface area contributed by atoms with Crippen LogP contribution in [0.15, 0.2) is 43.0 Å². The Hall–Kier alpha value is -1.35. The molecule has 0 fully saturated rings. The third-order valence-electron chi connectivity index (χ3n) is 3.02. The summed E-state index contributed by atoms with van der Waals surface area (Å²) in [5.41, 5.74) is 0.0191. The van der Waals surface area contributed by atoms with E-state index in [1.807, 2.05) is 36.4 Å². The first-order chi connectivity index (χ1) is 9.43. The van der Waals surface area contributed by atoms with Crippen LogP contribution in [0.2, 0.25) is 0 Å². The summed E-state index contributed by atoms with van der Waals surface area (Å²) >= 11 is 5.20. The van der Waals surface area contributed by atoms with Gasteiger partial charge in [0.05, 0.1) is 0 Å². The van der Waals surface area contributed by atoms with Crippen LogP contribution in [0.3, 0.4) is 0 Å². The highest BCUT2D eigenvalue weighted by Crippen LogP contribution is 2.27. The first-order valence-corrected chi connectivity index (χ1v) is 7.38. The zero-order chi connectivity index (χ0) is 15.0. The highest BCUT2D eigenvalue weighted by molar-refractivity contribution is 7.79. The Balaban J connectivity index is 2.55. The molecule has 1 aromatic carbocycles. The minimum Gasteiger partial charge on any atom is -0.453 e. The molecule has 0 saturated heterocycles. The van der Waals surface area contributed by atoms with Crippen molar-refractivity contribution in [3.63, 3.8) is 0 Å². The molecule has 2 nitrogen and oxygen atoms in total. The average molecular weight is 292 g/mol. The van der Waals surface area contributed by atoms with Crippen molar-refractivity contribution in [2.24, 2.45) is 5.41 Å². The molecule has 0 saturated carbocycles. The van der Waals surface area contributed by atoms with Crippen LogP contribution in [-0.2, 0) is 4.74 Å². The second-order valence-electron chi connectivity index (χ2n) is 5.86. The Morgan fingerprint density at radius 3 is 2.50 bits per heavy atom. The monoisotopic (exact) mass is 292 g/mol. The van der Waals surface area contributed by atoms with Crippen LogP contribution in [0.25, 0.3) is 0 Å². The zero-order valence-electron chi connectivity index (χ0n) is 12.6. The molecule has 0 aliphatic carbocycles. The minimum atomic E-state index is 0.0191. The first kappa shape index (κ1) is 16.7. The minimum absolute atomic E-state index is 0.0191. The number of hydrogen-bond acceptors (Lipinski definition) is 3. The van der Waals surface area contributed by atoms with Gasteiger partial charge in [-0.3, -0.25) is 0 Å². The lowest BCUT2D eigenvalue weighted by Gasteiger charge is -2.30. The van der Waals surface area contributed by atoms with Crippen molar-refractivity contribution >= 4 is 17.5 Å². The quantitative estimate of drug-likeness (QED) is 0.411. The molecule has 0 aliphatic rings. The molecule has 0 aliphatic heterocycles. The summed E-state index contributed by atoms with van der Waals surface area (Å²) in [6, 6.07) is 9.47. The second-order valence-corrected chi connectivity index (χ2v) is 6.19. The number of hydrogen-bond donors (Lipinski definition) is 0. The van der Waals surface area contributed by atoms with E-state index >= 15 is 0 Å². The van der Waals surface area contributed by atoms with Crippen LogP contribution in [0.1, 0.15) is 40.0 Å². The van der Waals surface area contributed by atoms with Gasteiger partial charge < -0.3 is 9.47 Å². The molecular weight excluding hydrogens is 268 g/mol. The van der Waals surface area contributed by atoms with E-state index in [4.69, 9.17) is 21.7 Å². The van der Waals surface area contributed by atoms with Crippen molar-refractivity contribution < 1.29 is 9.47 Å². The van der Waals surface area contributed by atoms with E-state index in [0.29, 0.717) is 5.75 Å². The van der Waals surface area contributed by atoms with E-state index in [-0.39, 0.29) is 16.8 Å². The van der Waals surface area contributed by atoms with E-state index in [9.17, 15) is 0 Å². The van der Waals surface area contributed by atoms with Gasteiger partial charge in [0, 0.05) is 12.2 Å². The van der Waals surface area contributed by atoms with E-state index in [2.05, 4.69) is 27.4 Å². The SMILES string of the molecule is C=CCCCC(OC(=S)Oc1ccccc1)C(C)(C)C. The van der Waals surface area contributed by atoms with Crippen LogP contribution in [0.5, 0.6) is 5.75 Å². The van der Waals surface area contributed by atoms with Crippen LogP contribution in [0.4, 0.5) is 0 Å². The molecule has 0 heterocycles. The molecule has 0 amide bonds. The molecular formula is C17H24O2S. The molecule has 20 heavy (non-hydrogen) atoms. The Labute approximate surface area is 127 Å². The van der Waals surface area contributed by atoms with Crippen LogP contribution >= 0.6 is 12.2 Å². The molecule has 0 spiro atoms. The van der Waals surface area contributed by atoms with Gasteiger partial charge in [-0.15, -0.1) is 6.58 Å². The van der Waals surface area contributed by atoms with E-state index in [1.165, 1.54) is 0 Å². The molecule has 0 radical (unpaired) electrons. The fourth-order valence-electron chi connectivity index (χ4n) is 1.84. The maximum absolute atomic E-state index is 5.84. The normalized spacial score (nSPS) is 12.6. The standard InChI is InChI=1S/C17H24O2S/c1-5-6-8-13-15(17(2,3)4)19-16(20)18-14-11-9-7-10-12-14/h5,7,9-12,15H,1,6,8,13H2,2-4H3. The molecule has 1 unspecified atom stereocenters. The highest BCUT2D eigenvalue weighted by Gasteiger charge is 2.27. The number of thiocarbonyl (C=S) groups is 1. The van der Waals surface area contributed by atoms with Crippen molar-refractivity contribution in [3.8, 4) is 5.75 Å². The third kappa shape index (κ3) is 6.20. The number of para-hydroxylation sites is 1. The molecule has 1 rings (SSSR count). The summed E-state index contributed by atoms with van der Waals surface area (Å²) in [5.74, 6) is 0.705. The Morgan fingerprint density at radius 1 is 1.30 bits per heavy atom. The van der Waals surface area contributed by atoms with Gasteiger partial charge in [-0.2, -0.15) is 0 Å². The number of allylic oxidation sites excluding steroid dienone is 1. The summed E-state index contributed by atoms with van der Waals surface area (Å²) < 4.78 is 11.4. The fourth-order valence-corrected chi connectivity index (χ4v) is 2.05. The van der Waals surface area contributed by atoms with Crippen molar-refractivity contribution in [3.05, 3.63) is 43.0 Å². The lowest BCUT2D eigenvalue weighted by molar-refractivity contribution is 0.0505. The predicted octanol–water partition coefficient (Wildman–Crippen LogP) is 5.14.